The van der Waals surface area contributed by atoms with Crippen LogP contribution in [-0.2, 0) is 13.2 Å². The van der Waals surface area contributed by atoms with E-state index in [-0.39, 0.29) is 11.0 Å². The quantitative estimate of drug-likeness (QED) is 0.672. The molecule has 0 saturated heterocycles. The number of nitrogens with zero attached hydrogens (tertiary/aromatic N) is 3. The molecule has 3 nitrogen and oxygen atoms in total. The van der Waals surface area contributed by atoms with E-state index >= 15 is 0 Å². The normalized spacial score (nSPS) is 12.1. The predicted molar refractivity (Wildman–Crippen MR) is 78.4 cm³/mol. The molecule has 0 atom stereocenters. The lowest BCUT2D eigenvalue weighted by Gasteiger charge is -2.11. The highest BCUT2D eigenvalue weighted by atomic mass is 19.4. The van der Waals surface area contributed by atoms with Gasteiger partial charge in [0, 0.05) is 12.6 Å². The molecule has 1 aromatic carbocycles. The Balaban J connectivity index is 2.34. The molecule has 22 heavy (non-hydrogen) atoms. The summed E-state index contributed by atoms with van der Waals surface area (Å²) in [4.78, 5) is 4.37. The number of hydrogen-bond donors (Lipinski definition) is 0. The molecule has 0 aliphatic rings. The summed E-state index contributed by atoms with van der Waals surface area (Å²) in [5.74, 6) is 0. The Morgan fingerprint density at radius 1 is 1.05 bits per heavy atom. The molecule has 0 aliphatic carbocycles. The van der Waals surface area contributed by atoms with Crippen LogP contribution in [0, 0.1) is 13.8 Å². The number of fused-ring (bicyclic) bond motifs is 1. The third-order valence-electron chi connectivity index (χ3n) is 3.62. The molecular formula is C16H14F3N3. The molecule has 0 aliphatic heterocycles. The number of benzene rings is 1. The van der Waals surface area contributed by atoms with Gasteiger partial charge in [0.05, 0.1) is 22.3 Å². The van der Waals surface area contributed by atoms with E-state index in [9.17, 15) is 13.2 Å². The highest BCUT2D eigenvalue weighted by Gasteiger charge is 2.35. The third kappa shape index (κ3) is 2.34. The van der Waals surface area contributed by atoms with Gasteiger partial charge in [0.15, 0.2) is 5.65 Å². The minimum Gasteiger partial charge on any atom is -0.250 e. The number of aryl methyl sites for hydroxylation is 3. The van der Waals surface area contributed by atoms with Crippen molar-refractivity contribution in [1.29, 1.82) is 0 Å². The Hall–Kier alpha value is -2.37. The molecule has 0 spiro atoms. The fourth-order valence-corrected chi connectivity index (χ4v) is 2.54. The molecule has 3 rings (SSSR count). The lowest BCUT2D eigenvalue weighted by molar-refractivity contribution is -0.136. The topological polar surface area (TPSA) is 30.7 Å². The van der Waals surface area contributed by atoms with Crippen LogP contribution in [0.25, 0.3) is 22.3 Å². The Morgan fingerprint density at radius 2 is 1.68 bits per heavy atom. The van der Waals surface area contributed by atoms with Gasteiger partial charge in [0.1, 0.15) is 0 Å². The van der Waals surface area contributed by atoms with Crippen molar-refractivity contribution >= 4 is 11.0 Å². The maximum absolute atomic E-state index is 13.4. The van der Waals surface area contributed by atoms with Crippen molar-refractivity contribution in [2.24, 2.45) is 7.05 Å². The summed E-state index contributed by atoms with van der Waals surface area (Å²) < 4.78 is 41.6. The van der Waals surface area contributed by atoms with Crippen LogP contribution < -0.4 is 0 Å². The summed E-state index contributed by atoms with van der Waals surface area (Å²) in [7, 11) is 1.60. The second kappa shape index (κ2) is 4.83. The molecule has 0 unspecified atom stereocenters. The van der Waals surface area contributed by atoms with Crippen LogP contribution in [0.4, 0.5) is 13.2 Å². The molecule has 2 heterocycles. The first-order valence-corrected chi connectivity index (χ1v) is 6.76. The molecule has 6 heteroatoms. The van der Waals surface area contributed by atoms with E-state index in [0.29, 0.717) is 17.0 Å². The van der Waals surface area contributed by atoms with Gasteiger partial charge in [-0.05, 0) is 19.9 Å². The van der Waals surface area contributed by atoms with Gasteiger partial charge in [-0.2, -0.15) is 18.3 Å². The highest BCUT2D eigenvalue weighted by Crippen LogP contribution is 2.37. The monoisotopic (exact) mass is 305 g/mol. The number of rotatable bonds is 1. The van der Waals surface area contributed by atoms with Crippen molar-refractivity contribution in [2.45, 2.75) is 20.0 Å². The second-order valence-corrected chi connectivity index (χ2v) is 5.33. The van der Waals surface area contributed by atoms with E-state index in [1.165, 1.54) is 4.68 Å². The summed E-state index contributed by atoms with van der Waals surface area (Å²) in [5.41, 5.74) is 1.85. The zero-order chi connectivity index (χ0) is 16.1. The van der Waals surface area contributed by atoms with Gasteiger partial charge in [-0.1, -0.05) is 29.8 Å². The van der Waals surface area contributed by atoms with E-state index in [1.54, 1.807) is 26.1 Å². The number of aromatic nitrogens is 3. The van der Waals surface area contributed by atoms with Gasteiger partial charge in [-0.3, -0.25) is 4.68 Å². The maximum atomic E-state index is 13.4. The summed E-state index contributed by atoms with van der Waals surface area (Å²) >= 11 is 0. The standard InChI is InChI=1S/C16H14F3N3/c1-9-4-6-11(7-5-9)13-8-12(16(17,18)19)14-10(2)21-22(3)15(14)20-13/h4-8H,1-3H3. The van der Waals surface area contributed by atoms with Crippen LogP contribution in [-0.4, -0.2) is 14.8 Å². The van der Waals surface area contributed by atoms with Crippen molar-refractivity contribution in [3.8, 4) is 11.3 Å². The van der Waals surface area contributed by atoms with Crippen LogP contribution in [0.15, 0.2) is 30.3 Å². The fraction of sp³-hybridized carbons (Fsp3) is 0.250. The average molecular weight is 305 g/mol. The first kappa shape index (κ1) is 14.6. The minimum atomic E-state index is -4.45. The largest absolute Gasteiger partial charge is 0.417 e. The van der Waals surface area contributed by atoms with Crippen LogP contribution in [0.1, 0.15) is 16.8 Å². The zero-order valence-electron chi connectivity index (χ0n) is 12.4. The summed E-state index contributed by atoms with van der Waals surface area (Å²) in [6, 6.07) is 8.34. The summed E-state index contributed by atoms with van der Waals surface area (Å²) in [5, 5.41) is 4.13. The van der Waals surface area contributed by atoms with Crippen molar-refractivity contribution in [1.82, 2.24) is 14.8 Å². The van der Waals surface area contributed by atoms with Gasteiger partial charge in [0.2, 0.25) is 0 Å². The predicted octanol–water partition coefficient (Wildman–Crippen LogP) is 4.27. The van der Waals surface area contributed by atoms with Crippen LogP contribution >= 0.6 is 0 Å². The molecule has 0 radical (unpaired) electrons. The van der Waals surface area contributed by atoms with E-state index in [1.807, 2.05) is 19.1 Å². The van der Waals surface area contributed by atoms with Crippen LogP contribution in [0.2, 0.25) is 0 Å². The lowest BCUT2D eigenvalue weighted by Crippen LogP contribution is -2.07. The van der Waals surface area contributed by atoms with E-state index < -0.39 is 11.7 Å². The SMILES string of the molecule is Cc1ccc(-c2cc(C(F)(F)F)c3c(C)nn(C)c3n2)cc1. The van der Waals surface area contributed by atoms with Crippen molar-refractivity contribution < 1.29 is 13.2 Å². The molecule has 3 aromatic rings. The van der Waals surface area contributed by atoms with Gasteiger partial charge < -0.3 is 0 Å². The molecule has 114 valence electrons. The van der Waals surface area contributed by atoms with Crippen LogP contribution in [0.5, 0.6) is 0 Å². The van der Waals surface area contributed by atoms with Gasteiger partial charge in [0.25, 0.3) is 0 Å². The molecule has 0 saturated carbocycles. The van der Waals surface area contributed by atoms with Crippen molar-refractivity contribution in [2.75, 3.05) is 0 Å². The fourth-order valence-electron chi connectivity index (χ4n) is 2.54. The molecular weight excluding hydrogens is 291 g/mol. The third-order valence-corrected chi connectivity index (χ3v) is 3.62. The van der Waals surface area contributed by atoms with Crippen molar-refractivity contribution in [3.05, 3.63) is 47.2 Å². The molecule has 0 bridgehead atoms. The smallest absolute Gasteiger partial charge is 0.250 e. The maximum Gasteiger partial charge on any atom is 0.417 e. The Bertz CT molecular complexity index is 846. The molecule has 0 amide bonds. The first-order valence-electron chi connectivity index (χ1n) is 6.76. The number of pyridine rings is 1. The average Bonchev–Trinajstić information content (AvgIpc) is 2.73. The summed E-state index contributed by atoms with van der Waals surface area (Å²) in [6.45, 7) is 3.48. The number of hydrogen-bond acceptors (Lipinski definition) is 2. The van der Waals surface area contributed by atoms with Gasteiger partial charge in [-0.15, -0.1) is 0 Å². The Labute approximate surface area is 125 Å². The zero-order valence-corrected chi connectivity index (χ0v) is 12.4. The number of alkyl halides is 3. The Kier molecular flexibility index (Phi) is 3.20. The molecule has 2 aromatic heterocycles. The van der Waals surface area contributed by atoms with Crippen molar-refractivity contribution in [3.63, 3.8) is 0 Å². The Morgan fingerprint density at radius 3 is 2.27 bits per heavy atom. The number of halogens is 3. The minimum absolute atomic E-state index is 0.0610. The highest BCUT2D eigenvalue weighted by molar-refractivity contribution is 5.85. The van der Waals surface area contributed by atoms with E-state index in [4.69, 9.17) is 0 Å². The van der Waals surface area contributed by atoms with E-state index in [2.05, 4.69) is 10.1 Å². The lowest BCUT2D eigenvalue weighted by atomic mass is 10.0. The van der Waals surface area contributed by atoms with E-state index in [0.717, 1.165) is 11.6 Å². The molecule has 0 fully saturated rings. The van der Waals surface area contributed by atoms with Gasteiger partial charge in [-0.25, -0.2) is 4.98 Å². The van der Waals surface area contributed by atoms with Crippen LogP contribution in [0.3, 0.4) is 0 Å². The van der Waals surface area contributed by atoms with Gasteiger partial charge >= 0.3 is 6.18 Å². The molecule has 0 N–H and O–H groups in total. The second-order valence-electron chi connectivity index (χ2n) is 5.33. The summed E-state index contributed by atoms with van der Waals surface area (Å²) in [6.07, 6.45) is -4.45. The first-order chi connectivity index (χ1) is 10.3.